The summed E-state index contributed by atoms with van der Waals surface area (Å²) in [5, 5.41) is 9.43. The second kappa shape index (κ2) is 6.10. The molecule has 0 amide bonds. The van der Waals surface area contributed by atoms with Gasteiger partial charge in [-0.1, -0.05) is 18.2 Å². The van der Waals surface area contributed by atoms with Crippen molar-refractivity contribution in [2.45, 2.75) is 6.54 Å². The number of benzene rings is 1. The minimum Gasteiger partial charge on any atom is -0.493 e. The van der Waals surface area contributed by atoms with Crippen LogP contribution in [-0.4, -0.2) is 41.2 Å². The van der Waals surface area contributed by atoms with Crippen molar-refractivity contribution in [1.29, 1.82) is 0 Å². The van der Waals surface area contributed by atoms with Crippen LogP contribution in [0, 0.1) is 5.82 Å². The molecule has 1 saturated heterocycles. The average Bonchev–Trinajstić information content (AvgIpc) is 2.50. The molecular formula is C16H18FN3O. The molecule has 0 radical (unpaired) electrons. The van der Waals surface area contributed by atoms with Crippen molar-refractivity contribution >= 4 is 5.82 Å². The molecule has 1 aromatic carbocycles. The maximum atomic E-state index is 12.9. The van der Waals surface area contributed by atoms with Crippen LogP contribution in [0.2, 0.25) is 0 Å². The third-order valence-electron chi connectivity index (χ3n) is 3.74. The van der Waals surface area contributed by atoms with Gasteiger partial charge in [0, 0.05) is 38.8 Å². The molecule has 2 aromatic rings. The van der Waals surface area contributed by atoms with Crippen LogP contribution in [0.3, 0.4) is 0 Å². The molecule has 21 heavy (non-hydrogen) atoms. The maximum Gasteiger partial charge on any atom is 0.212 e. The largest absolute Gasteiger partial charge is 0.493 e. The average molecular weight is 287 g/mol. The van der Waals surface area contributed by atoms with E-state index in [9.17, 15) is 9.50 Å². The first-order valence-electron chi connectivity index (χ1n) is 7.08. The summed E-state index contributed by atoms with van der Waals surface area (Å²) in [5.41, 5.74) is 1.13. The van der Waals surface area contributed by atoms with Gasteiger partial charge in [-0.25, -0.2) is 4.39 Å². The Kier molecular flexibility index (Phi) is 4.01. The topological polar surface area (TPSA) is 39.6 Å². The quantitative estimate of drug-likeness (QED) is 0.940. The predicted molar refractivity (Wildman–Crippen MR) is 79.8 cm³/mol. The van der Waals surface area contributed by atoms with Gasteiger partial charge in [-0.15, -0.1) is 0 Å². The van der Waals surface area contributed by atoms with Crippen LogP contribution in [0.4, 0.5) is 10.2 Å². The summed E-state index contributed by atoms with van der Waals surface area (Å²) >= 11 is 0. The molecule has 110 valence electrons. The summed E-state index contributed by atoms with van der Waals surface area (Å²) < 4.78 is 12.9. The van der Waals surface area contributed by atoms with Crippen molar-refractivity contribution in [3.8, 4) is 5.88 Å². The molecule has 0 atom stereocenters. The van der Waals surface area contributed by atoms with E-state index in [4.69, 9.17) is 0 Å². The first kappa shape index (κ1) is 13.8. The third kappa shape index (κ3) is 3.49. The van der Waals surface area contributed by atoms with Crippen LogP contribution in [0.1, 0.15) is 5.56 Å². The lowest BCUT2D eigenvalue weighted by Gasteiger charge is -2.35. The van der Waals surface area contributed by atoms with Crippen LogP contribution in [-0.2, 0) is 6.54 Å². The number of hydrogen-bond donors (Lipinski definition) is 1. The number of piperazine rings is 1. The van der Waals surface area contributed by atoms with Gasteiger partial charge in [0.2, 0.25) is 5.88 Å². The molecule has 0 aliphatic carbocycles. The van der Waals surface area contributed by atoms with Crippen molar-refractivity contribution in [2.75, 3.05) is 31.1 Å². The SMILES string of the molecule is Oc1cccc(N2CCN(Cc3ccc(F)cc3)CC2)n1. The van der Waals surface area contributed by atoms with Crippen molar-refractivity contribution in [1.82, 2.24) is 9.88 Å². The maximum absolute atomic E-state index is 12.9. The van der Waals surface area contributed by atoms with Crippen molar-refractivity contribution in [3.05, 3.63) is 53.8 Å². The fourth-order valence-electron chi connectivity index (χ4n) is 2.57. The van der Waals surface area contributed by atoms with Gasteiger partial charge >= 0.3 is 0 Å². The van der Waals surface area contributed by atoms with Gasteiger partial charge in [0.05, 0.1) is 0 Å². The fraction of sp³-hybridized carbons (Fsp3) is 0.312. The number of aromatic hydroxyl groups is 1. The molecule has 4 nitrogen and oxygen atoms in total. The molecule has 3 rings (SSSR count). The van der Waals surface area contributed by atoms with E-state index in [2.05, 4.69) is 14.8 Å². The monoisotopic (exact) mass is 287 g/mol. The molecule has 0 spiro atoms. The number of nitrogens with zero attached hydrogens (tertiary/aromatic N) is 3. The highest BCUT2D eigenvalue weighted by atomic mass is 19.1. The first-order valence-corrected chi connectivity index (χ1v) is 7.08. The second-order valence-corrected chi connectivity index (χ2v) is 5.24. The summed E-state index contributed by atoms with van der Waals surface area (Å²) in [7, 11) is 0. The van der Waals surface area contributed by atoms with E-state index < -0.39 is 0 Å². The van der Waals surface area contributed by atoms with Gasteiger partial charge in [-0.3, -0.25) is 4.90 Å². The van der Waals surface area contributed by atoms with E-state index in [1.165, 1.54) is 12.1 Å². The molecule has 1 aliphatic heterocycles. The van der Waals surface area contributed by atoms with Gasteiger partial charge in [-0.2, -0.15) is 4.98 Å². The number of anilines is 1. The number of rotatable bonds is 3. The third-order valence-corrected chi connectivity index (χ3v) is 3.74. The van der Waals surface area contributed by atoms with E-state index in [0.717, 1.165) is 44.1 Å². The van der Waals surface area contributed by atoms with E-state index in [1.807, 2.05) is 24.3 Å². The smallest absolute Gasteiger partial charge is 0.212 e. The normalized spacial score (nSPS) is 16.1. The molecule has 2 heterocycles. The van der Waals surface area contributed by atoms with Gasteiger partial charge in [-0.05, 0) is 23.8 Å². The van der Waals surface area contributed by atoms with Crippen LogP contribution in [0.15, 0.2) is 42.5 Å². The Labute approximate surface area is 123 Å². The number of aromatic nitrogens is 1. The van der Waals surface area contributed by atoms with Crippen molar-refractivity contribution in [3.63, 3.8) is 0 Å². The Bertz CT molecular complexity index is 595. The highest BCUT2D eigenvalue weighted by Gasteiger charge is 2.18. The Morgan fingerprint density at radius 2 is 1.71 bits per heavy atom. The highest BCUT2D eigenvalue weighted by molar-refractivity contribution is 5.40. The van der Waals surface area contributed by atoms with E-state index in [-0.39, 0.29) is 11.7 Å². The Morgan fingerprint density at radius 3 is 2.38 bits per heavy atom. The first-order chi connectivity index (χ1) is 10.2. The zero-order valence-electron chi connectivity index (χ0n) is 11.7. The van der Waals surface area contributed by atoms with Gasteiger partial charge in [0.1, 0.15) is 11.6 Å². The summed E-state index contributed by atoms with van der Waals surface area (Å²) in [6.45, 7) is 4.43. The molecule has 1 fully saturated rings. The Balaban J connectivity index is 1.56. The van der Waals surface area contributed by atoms with Crippen molar-refractivity contribution in [2.24, 2.45) is 0 Å². The summed E-state index contributed by atoms with van der Waals surface area (Å²) in [4.78, 5) is 8.64. The lowest BCUT2D eigenvalue weighted by molar-refractivity contribution is 0.249. The molecule has 1 aromatic heterocycles. The van der Waals surface area contributed by atoms with Crippen molar-refractivity contribution < 1.29 is 9.50 Å². The summed E-state index contributed by atoms with van der Waals surface area (Å²) in [6, 6.07) is 12.0. The van der Waals surface area contributed by atoms with Gasteiger partial charge in [0.15, 0.2) is 0 Å². The zero-order chi connectivity index (χ0) is 14.7. The fourth-order valence-corrected chi connectivity index (χ4v) is 2.57. The molecule has 5 heteroatoms. The van der Waals surface area contributed by atoms with Gasteiger partial charge in [0.25, 0.3) is 0 Å². The van der Waals surface area contributed by atoms with Crippen LogP contribution >= 0.6 is 0 Å². The van der Waals surface area contributed by atoms with Crippen LogP contribution in [0.5, 0.6) is 5.88 Å². The van der Waals surface area contributed by atoms with Crippen LogP contribution in [0.25, 0.3) is 0 Å². The van der Waals surface area contributed by atoms with Gasteiger partial charge < -0.3 is 10.0 Å². The molecule has 0 bridgehead atoms. The summed E-state index contributed by atoms with van der Waals surface area (Å²) in [5.74, 6) is 0.677. The minimum absolute atomic E-state index is 0.0567. The number of pyridine rings is 1. The Morgan fingerprint density at radius 1 is 1.00 bits per heavy atom. The molecule has 1 N–H and O–H groups in total. The predicted octanol–water partition coefficient (Wildman–Crippen LogP) is 2.25. The zero-order valence-corrected chi connectivity index (χ0v) is 11.7. The molecular weight excluding hydrogens is 269 g/mol. The lowest BCUT2D eigenvalue weighted by Crippen LogP contribution is -2.46. The minimum atomic E-state index is -0.196. The lowest BCUT2D eigenvalue weighted by atomic mass is 10.2. The summed E-state index contributed by atoms with van der Waals surface area (Å²) in [6.07, 6.45) is 0. The standard InChI is InChI=1S/C16H18FN3O/c17-14-6-4-13(5-7-14)12-19-8-10-20(11-9-19)15-2-1-3-16(21)18-15/h1-7H,8-12H2,(H,18,21). The molecule has 0 saturated carbocycles. The van der Waals surface area contributed by atoms with E-state index >= 15 is 0 Å². The molecule has 1 aliphatic rings. The molecule has 0 unspecified atom stereocenters. The van der Waals surface area contributed by atoms with E-state index in [1.54, 1.807) is 6.07 Å². The number of hydrogen-bond acceptors (Lipinski definition) is 4. The van der Waals surface area contributed by atoms with E-state index in [0.29, 0.717) is 0 Å². The number of halogens is 1. The van der Waals surface area contributed by atoms with Crippen LogP contribution < -0.4 is 4.90 Å². The second-order valence-electron chi connectivity index (χ2n) is 5.24. The Hall–Kier alpha value is -2.14. The highest BCUT2D eigenvalue weighted by Crippen LogP contribution is 2.17.